The van der Waals surface area contributed by atoms with E-state index in [1.54, 1.807) is 6.20 Å². The Morgan fingerprint density at radius 1 is 1.16 bits per heavy atom. The van der Waals surface area contributed by atoms with Crippen LogP contribution in [0.3, 0.4) is 0 Å². The maximum atomic E-state index is 4.53. The lowest BCUT2D eigenvalue weighted by Gasteiger charge is -2.10. The average molecular weight is 262 g/mol. The molecule has 0 aliphatic heterocycles. The Morgan fingerprint density at radius 2 is 2.05 bits per heavy atom. The van der Waals surface area contributed by atoms with Crippen molar-refractivity contribution in [2.24, 2.45) is 4.99 Å². The minimum absolute atomic E-state index is 0.616. The van der Waals surface area contributed by atoms with Gasteiger partial charge in [0.2, 0.25) is 0 Å². The SMILES string of the molecule is CCCCCCNC(=NCc1ccccn1)NCC. The number of nitrogens with one attached hydrogen (secondary N) is 2. The second-order valence-corrected chi connectivity index (χ2v) is 4.50. The van der Waals surface area contributed by atoms with Gasteiger partial charge in [-0.05, 0) is 25.5 Å². The predicted octanol–water partition coefficient (Wildman–Crippen LogP) is 2.72. The van der Waals surface area contributed by atoms with E-state index >= 15 is 0 Å². The first kappa shape index (κ1) is 15.5. The second-order valence-electron chi connectivity index (χ2n) is 4.50. The van der Waals surface area contributed by atoms with Gasteiger partial charge in [-0.15, -0.1) is 0 Å². The Kier molecular flexibility index (Phi) is 8.43. The number of aromatic nitrogens is 1. The van der Waals surface area contributed by atoms with Crippen LogP contribution < -0.4 is 10.6 Å². The summed E-state index contributed by atoms with van der Waals surface area (Å²) in [6.45, 7) is 6.78. The topological polar surface area (TPSA) is 49.3 Å². The van der Waals surface area contributed by atoms with Crippen molar-refractivity contribution < 1.29 is 0 Å². The number of unbranched alkanes of at least 4 members (excludes halogenated alkanes) is 3. The van der Waals surface area contributed by atoms with Crippen molar-refractivity contribution >= 4 is 5.96 Å². The molecular formula is C15H26N4. The summed E-state index contributed by atoms with van der Waals surface area (Å²) in [7, 11) is 0. The second kappa shape index (κ2) is 10.4. The van der Waals surface area contributed by atoms with Crippen molar-refractivity contribution in [3.8, 4) is 0 Å². The Morgan fingerprint density at radius 3 is 2.74 bits per heavy atom. The molecule has 1 aromatic heterocycles. The van der Waals surface area contributed by atoms with Gasteiger partial charge in [-0.25, -0.2) is 4.99 Å². The Hall–Kier alpha value is -1.58. The molecule has 1 rings (SSSR count). The van der Waals surface area contributed by atoms with Crippen molar-refractivity contribution in [2.75, 3.05) is 13.1 Å². The van der Waals surface area contributed by atoms with Gasteiger partial charge in [-0.3, -0.25) is 4.98 Å². The van der Waals surface area contributed by atoms with E-state index in [9.17, 15) is 0 Å². The number of guanidine groups is 1. The van der Waals surface area contributed by atoms with Gasteiger partial charge < -0.3 is 10.6 Å². The van der Waals surface area contributed by atoms with E-state index in [-0.39, 0.29) is 0 Å². The van der Waals surface area contributed by atoms with E-state index in [4.69, 9.17) is 0 Å². The van der Waals surface area contributed by atoms with E-state index in [1.165, 1.54) is 25.7 Å². The van der Waals surface area contributed by atoms with Crippen molar-refractivity contribution in [1.29, 1.82) is 0 Å². The van der Waals surface area contributed by atoms with Crippen LogP contribution in [0.4, 0.5) is 0 Å². The Bertz CT molecular complexity index is 348. The molecule has 0 aliphatic carbocycles. The lowest BCUT2D eigenvalue weighted by atomic mass is 10.2. The minimum atomic E-state index is 0.616. The average Bonchev–Trinajstić information content (AvgIpc) is 2.45. The molecule has 1 aromatic rings. The number of nitrogens with zero attached hydrogens (tertiary/aromatic N) is 2. The summed E-state index contributed by atoms with van der Waals surface area (Å²) in [6, 6.07) is 5.90. The number of rotatable bonds is 8. The molecule has 0 aliphatic rings. The molecule has 0 fully saturated rings. The number of hydrogen-bond donors (Lipinski definition) is 2. The van der Waals surface area contributed by atoms with Gasteiger partial charge in [0.1, 0.15) is 0 Å². The van der Waals surface area contributed by atoms with E-state index in [0.717, 1.165) is 24.7 Å². The molecule has 0 saturated carbocycles. The molecule has 0 aromatic carbocycles. The molecule has 19 heavy (non-hydrogen) atoms. The third-order valence-electron chi connectivity index (χ3n) is 2.79. The molecule has 0 bridgehead atoms. The molecule has 0 spiro atoms. The van der Waals surface area contributed by atoms with Gasteiger partial charge in [-0.1, -0.05) is 32.3 Å². The van der Waals surface area contributed by atoms with Gasteiger partial charge in [0.15, 0.2) is 5.96 Å². The quantitative estimate of drug-likeness (QED) is 0.430. The standard InChI is InChI=1S/C15H26N4/c1-3-5-6-8-12-18-15(16-4-2)19-13-14-10-7-9-11-17-14/h7,9-11H,3-6,8,12-13H2,1-2H3,(H2,16,18,19). The predicted molar refractivity (Wildman–Crippen MR) is 81.2 cm³/mol. The van der Waals surface area contributed by atoms with E-state index < -0.39 is 0 Å². The van der Waals surface area contributed by atoms with Crippen molar-refractivity contribution in [1.82, 2.24) is 15.6 Å². The lowest BCUT2D eigenvalue weighted by molar-refractivity contribution is 0.647. The minimum Gasteiger partial charge on any atom is -0.357 e. The maximum Gasteiger partial charge on any atom is 0.191 e. The summed E-state index contributed by atoms with van der Waals surface area (Å²) in [4.78, 5) is 8.80. The van der Waals surface area contributed by atoms with Crippen LogP contribution in [0.1, 0.15) is 45.2 Å². The van der Waals surface area contributed by atoms with Gasteiger partial charge in [0.25, 0.3) is 0 Å². The van der Waals surface area contributed by atoms with Crippen LogP contribution >= 0.6 is 0 Å². The van der Waals surface area contributed by atoms with Crippen molar-refractivity contribution in [3.05, 3.63) is 30.1 Å². The highest BCUT2D eigenvalue weighted by Crippen LogP contribution is 1.98. The van der Waals surface area contributed by atoms with E-state index in [1.807, 2.05) is 18.2 Å². The van der Waals surface area contributed by atoms with Crippen LogP contribution in [0.15, 0.2) is 29.4 Å². The third kappa shape index (κ3) is 7.44. The normalized spacial score (nSPS) is 11.4. The van der Waals surface area contributed by atoms with Crippen LogP contribution in [0.5, 0.6) is 0 Å². The van der Waals surface area contributed by atoms with Crippen LogP contribution in [0.25, 0.3) is 0 Å². The third-order valence-corrected chi connectivity index (χ3v) is 2.79. The lowest BCUT2D eigenvalue weighted by Crippen LogP contribution is -2.37. The zero-order valence-electron chi connectivity index (χ0n) is 12.2. The highest BCUT2D eigenvalue weighted by molar-refractivity contribution is 5.79. The summed E-state index contributed by atoms with van der Waals surface area (Å²) in [5.41, 5.74) is 0.991. The fourth-order valence-electron chi connectivity index (χ4n) is 1.75. The molecule has 0 amide bonds. The molecule has 4 nitrogen and oxygen atoms in total. The van der Waals surface area contributed by atoms with Gasteiger partial charge in [0.05, 0.1) is 12.2 Å². The molecule has 0 unspecified atom stereocenters. The summed E-state index contributed by atoms with van der Waals surface area (Å²) < 4.78 is 0. The summed E-state index contributed by atoms with van der Waals surface area (Å²) in [6.07, 6.45) is 6.86. The molecule has 0 saturated heterocycles. The summed E-state index contributed by atoms with van der Waals surface area (Å²) in [5.74, 6) is 0.879. The zero-order valence-corrected chi connectivity index (χ0v) is 12.2. The van der Waals surface area contributed by atoms with E-state index in [2.05, 4.69) is 34.5 Å². The summed E-state index contributed by atoms with van der Waals surface area (Å²) >= 11 is 0. The first-order valence-corrected chi connectivity index (χ1v) is 7.29. The van der Waals surface area contributed by atoms with Crippen molar-refractivity contribution in [3.63, 3.8) is 0 Å². The van der Waals surface area contributed by atoms with Gasteiger partial charge in [0, 0.05) is 19.3 Å². The Balaban J connectivity index is 2.34. The van der Waals surface area contributed by atoms with Gasteiger partial charge in [-0.2, -0.15) is 0 Å². The molecule has 0 atom stereocenters. The van der Waals surface area contributed by atoms with Crippen LogP contribution in [0, 0.1) is 0 Å². The van der Waals surface area contributed by atoms with Crippen LogP contribution in [-0.4, -0.2) is 24.0 Å². The monoisotopic (exact) mass is 262 g/mol. The highest BCUT2D eigenvalue weighted by Gasteiger charge is 1.97. The molecule has 106 valence electrons. The first-order valence-electron chi connectivity index (χ1n) is 7.29. The highest BCUT2D eigenvalue weighted by atomic mass is 15.2. The zero-order chi connectivity index (χ0) is 13.8. The fourth-order valence-corrected chi connectivity index (χ4v) is 1.75. The molecule has 2 N–H and O–H groups in total. The first-order chi connectivity index (χ1) is 9.36. The molecule has 1 heterocycles. The maximum absolute atomic E-state index is 4.53. The van der Waals surface area contributed by atoms with Gasteiger partial charge >= 0.3 is 0 Å². The van der Waals surface area contributed by atoms with Crippen LogP contribution in [0.2, 0.25) is 0 Å². The summed E-state index contributed by atoms with van der Waals surface area (Å²) in [5, 5.41) is 6.62. The van der Waals surface area contributed by atoms with E-state index in [0.29, 0.717) is 6.54 Å². The molecular weight excluding hydrogens is 236 g/mol. The number of hydrogen-bond acceptors (Lipinski definition) is 2. The molecule has 0 radical (unpaired) electrons. The number of aliphatic imine (C=N–C) groups is 1. The smallest absolute Gasteiger partial charge is 0.191 e. The molecule has 4 heteroatoms. The van der Waals surface area contributed by atoms with Crippen molar-refractivity contribution in [2.45, 2.75) is 46.1 Å². The fraction of sp³-hybridized carbons (Fsp3) is 0.600. The Labute approximate surface area is 116 Å². The largest absolute Gasteiger partial charge is 0.357 e. The number of pyridine rings is 1. The van der Waals surface area contributed by atoms with Crippen LogP contribution in [-0.2, 0) is 6.54 Å².